The lowest BCUT2D eigenvalue weighted by atomic mass is 10.0. The highest BCUT2D eigenvalue weighted by molar-refractivity contribution is 5.77. The third kappa shape index (κ3) is 2.71. The molecule has 2 N–H and O–H groups in total. The van der Waals surface area contributed by atoms with E-state index in [1.54, 1.807) is 14.2 Å². The van der Waals surface area contributed by atoms with Gasteiger partial charge in [0.15, 0.2) is 17.3 Å². The SMILES string of the molecule is CCCCc1onc(N)c1-c1ccc(OC)c(OC)c1. The van der Waals surface area contributed by atoms with E-state index in [9.17, 15) is 0 Å². The van der Waals surface area contributed by atoms with Crippen LogP contribution in [-0.2, 0) is 6.42 Å². The largest absolute Gasteiger partial charge is 0.493 e. The average Bonchev–Trinajstić information content (AvgIpc) is 2.85. The second-order valence-electron chi connectivity index (χ2n) is 4.54. The van der Waals surface area contributed by atoms with E-state index in [0.29, 0.717) is 17.3 Å². The number of nitrogens with zero attached hydrogens (tertiary/aromatic N) is 1. The highest BCUT2D eigenvalue weighted by Crippen LogP contribution is 2.36. The van der Waals surface area contributed by atoms with Gasteiger partial charge >= 0.3 is 0 Å². The number of hydrogen-bond donors (Lipinski definition) is 1. The lowest BCUT2D eigenvalue weighted by Crippen LogP contribution is -1.94. The molecule has 1 heterocycles. The van der Waals surface area contributed by atoms with Crippen LogP contribution >= 0.6 is 0 Å². The summed E-state index contributed by atoms with van der Waals surface area (Å²) in [7, 11) is 3.22. The topological polar surface area (TPSA) is 70.5 Å². The van der Waals surface area contributed by atoms with E-state index in [-0.39, 0.29) is 0 Å². The van der Waals surface area contributed by atoms with Gasteiger partial charge in [-0.15, -0.1) is 0 Å². The fourth-order valence-electron chi connectivity index (χ4n) is 2.15. The Morgan fingerprint density at radius 1 is 1.20 bits per heavy atom. The van der Waals surface area contributed by atoms with Gasteiger partial charge in [-0.2, -0.15) is 0 Å². The monoisotopic (exact) mass is 276 g/mol. The first-order valence-electron chi connectivity index (χ1n) is 6.67. The molecule has 108 valence electrons. The first kappa shape index (κ1) is 14.2. The zero-order valence-corrected chi connectivity index (χ0v) is 12.1. The predicted octanol–water partition coefficient (Wildman–Crippen LogP) is 3.28. The minimum Gasteiger partial charge on any atom is -0.493 e. The minimum atomic E-state index is 0.406. The molecule has 5 nitrogen and oxygen atoms in total. The molecule has 0 amide bonds. The zero-order chi connectivity index (χ0) is 14.5. The molecule has 0 bridgehead atoms. The molecule has 0 saturated carbocycles. The Bertz CT molecular complexity index is 578. The van der Waals surface area contributed by atoms with E-state index in [1.165, 1.54) is 0 Å². The highest BCUT2D eigenvalue weighted by atomic mass is 16.5. The van der Waals surface area contributed by atoms with Gasteiger partial charge in [0, 0.05) is 6.42 Å². The first-order chi connectivity index (χ1) is 9.71. The quantitative estimate of drug-likeness (QED) is 0.876. The number of benzene rings is 1. The molecule has 2 aromatic rings. The Kier molecular flexibility index (Phi) is 4.50. The van der Waals surface area contributed by atoms with Gasteiger partial charge in [-0.3, -0.25) is 0 Å². The number of unbranched alkanes of at least 4 members (excludes halogenated alkanes) is 1. The van der Waals surface area contributed by atoms with Gasteiger partial charge in [0.2, 0.25) is 0 Å². The number of rotatable bonds is 6. The van der Waals surface area contributed by atoms with Gasteiger partial charge in [-0.05, 0) is 24.1 Å². The number of hydrogen-bond acceptors (Lipinski definition) is 5. The standard InChI is InChI=1S/C15H20N2O3/c1-4-5-6-12-14(15(16)17-20-12)10-7-8-11(18-2)13(9-10)19-3/h7-9H,4-6H2,1-3H3,(H2,16,17). The molecule has 1 aromatic carbocycles. The number of ether oxygens (including phenoxy) is 2. The van der Waals surface area contributed by atoms with E-state index in [0.717, 1.165) is 36.1 Å². The van der Waals surface area contributed by atoms with Gasteiger partial charge in [0.25, 0.3) is 0 Å². The zero-order valence-electron chi connectivity index (χ0n) is 12.1. The predicted molar refractivity (Wildman–Crippen MR) is 78.1 cm³/mol. The number of methoxy groups -OCH3 is 2. The summed E-state index contributed by atoms with van der Waals surface area (Å²) in [6.45, 7) is 2.13. The maximum absolute atomic E-state index is 5.93. The summed E-state index contributed by atoms with van der Waals surface area (Å²) in [6.07, 6.45) is 2.95. The van der Waals surface area contributed by atoms with Crippen molar-refractivity contribution in [2.75, 3.05) is 20.0 Å². The summed E-state index contributed by atoms with van der Waals surface area (Å²) < 4.78 is 15.9. The second-order valence-corrected chi connectivity index (χ2v) is 4.54. The fourth-order valence-corrected chi connectivity index (χ4v) is 2.15. The van der Waals surface area contributed by atoms with Crippen LogP contribution in [0.15, 0.2) is 22.7 Å². The Balaban J connectivity index is 2.43. The van der Waals surface area contributed by atoms with Crippen molar-refractivity contribution in [1.29, 1.82) is 0 Å². The molecule has 0 unspecified atom stereocenters. The molecule has 0 aliphatic heterocycles. The molecule has 0 radical (unpaired) electrons. The Labute approximate surface area is 118 Å². The number of aryl methyl sites for hydroxylation is 1. The number of nitrogen functional groups attached to an aromatic ring is 1. The number of aromatic nitrogens is 1. The Morgan fingerprint density at radius 3 is 2.60 bits per heavy atom. The molecule has 0 fully saturated rings. The Hall–Kier alpha value is -2.17. The van der Waals surface area contributed by atoms with Crippen molar-refractivity contribution in [3.63, 3.8) is 0 Å². The summed E-state index contributed by atoms with van der Waals surface area (Å²) in [4.78, 5) is 0. The van der Waals surface area contributed by atoms with Gasteiger partial charge in [0.05, 0.1) is 19.8 Å². The first-order valence-corrected chi connectivity index (χ1v) is 6.67. The van der Waals surface area contributed by atoms with Crippen LogP contribution < -0.4 is 15.2 Å². The summed E-state index contributed by atoms with van der Waals surface area (Å²) in [5.74, 6) is 2.56. The number of anilines is 1. The van der Waals surface area contributed by atoms with Crippen LogP contribution in [-0.4, -0.2) is 19.4 Å². The van der Waals surface area contributed by atoms with Crippen molar-refractivity contribution in [2.45, 2.75) is 26.2 Å². The van der Waals surface area contributed by atoms with Gasteiger partial charge in [-0.25, -0.2) is 0 Å². The molecule has 0 atom stereocenters. The van der Waals surface area contributed by atoms with E-state index >= 15 is 0 Å². The molecule has 1 aromatic heterocycles. The van der Waals surface area contributed by atoms with Crippen molar-refractivity contribution in [3.05, 3.63) is 24.0 Å². The molecule has 2 rings (SSSR count). The number of nitrogens with two attached hydrogens (primary N) is 1. The molecule has 0 saturated heterocycles. The summed E-state index contributed by atoms with van der Waals surface area (Å²) in [5.41, 5.74) is 7.70. The molecule has 0 aliphatic rings. The van der Waals surface area contributed by atoms with E-state index in [1.807, 2.05) is 18.2 Å². The van der Waals surface area contributed by atoms with Gasteiger partial charge < -0.3 is 19.7 Å². The molecule has 20 heavy (non-hydrogen) atoms. The maximum atomic E-state index is 5.93. The fraction of sp³-hybridized carbons (Fsp3) is 0.400. The van der Waals surface area contributed by atoms with Crippen LogP contribution in [0.5, 0.6) is 11.5 Å². The third-order valence-electron chi connectivity index (χ3n) is 3.22. The smallest absolute Gasteiger partial charge is 0.175 e. The lowest BCUT2D eigenvalue weighted by Gasteiger charge is -2.09. The van der Waals surface area contributed by atoms with Crippen LogP contribution in [0, 0.1) is 0 Å². The van der Waals surface area contributed by atoms with Crippen LogP contribution in [0.1, 0.15) is 25.5 Å². The van der Waals surface area contributed by atoms with Crippen LogP contribution in [0.25, 0.3) is 11.1 Å². The summed E-state index contributed by atoms with van der Waals surface area (Å²) >= 11 is 0. The minimum absolute atomic E-state index is 0.406. The maximum Gasteiger partial charge on any atom is 0.175 e. The lowest BCUT2D eigenvalue weighted by molar-refractivity contribution is 0.355. The molecular weight excluding hydrogens is 256 g/mol. The van der Waals surface area contributed by atoms with Crippen LogP contribution in [0.3, 0.4) is 0 Å². The third-order valence-corrected chi connectivity index (χ3v) is 3.22. The molecule has 5 heteroatoms. The van der Waals surface area contributed by atoms with Crippen molar-refractivity contribution in [2.24, 2.45) is 0 Å². The van der Waals surface area contributed by atoms with Gasteiger partial charge in [0.1, 0.15) is 5.76 Å². The molecule has 0 aliphatic carbocycles. The summed E-state index contributed by atoms with van der Waals surface area (Å²) in [5, 5.41) is 3.87. The summed E-state index contributed by atoms with van der Waals surface area (Å²) in [6, 6.07) is 5.67. The van der Waals surface area contributed by atoms with E-state index in [2.05, 4.69) is 12.1 Å². The second kappa shape index (κ2) is 6.32. The van der Waals surface area contributed by atoms with Crippen LogP contribution in [0.2, 0.25) is 0 Å². The highest BCUT2D eigenvalue weighted by Gasteiger charge is 2.17. The van der Waals surface area contributed by atoms with Crippen molar-refractivity contribution < 1.29 is 14.0 Å². The van der Waals surface area contributed by atoms with Gasteiger partial charge in [-0.1, -0.05) is 24.6 Å². The molecular formula is C15H20N2O3. The van der Waals surface area contributed by atoms with Crippen LogP contribution in [0.4, 0.5) is 5.82 Å². The van der Waals surface area contributed by atoms with Crippen molar-refractivity contribution in [1.82, 2.24) is 5.16 Å². The average molecular weight is 276 g/mol. The van der Waals surface area contributed by atoms with Crippen molar-refractivity contribution in [3.8, 4) is 22.6 Å². The van der Waals surface area contributed by atoms with E-state index < -0.39 is 0 Å². The van der Waals surface area contributed by atoms with E-state index in [4.69, 9.17) is 19.7 Å². The normalized spacial score (nSPS) is 10.6. The molecule has 0 spiro atoms. The Morgan fingerprint density at radius 2 is 1.95 bits per heavy atom. The van der Waals surface area contributed by atoms with Crippen molar-refractivity contribution >= 4 is 5.82 Å².